The van der Waals surface area contributed by atoms with Gasteiger partial charge in [-0.05, 0) is 30.4 Å². The van der Waals surface area contributed by atoms with Gasteiger partial charge in [0.05, 0.1) is 4.92 Å². The van der Waals surface area contributed by atoms with E-state index in [1.54, 1.807) is 36.4 Å². The fraction of sp³-hybridized carbons (Fsp3) is 0.118. The smallest absolute Gasteiger partial charge is 0.292 e. The zero-order chi connectivity index (χ0) is 19.1. The van der Waals surface area contributed by atoms with Crippen molar-refractivity contribution in [2.24, 2.45) is 5.73 Å². The van der Waals surface area contributed by atoms with E-state index >= 15 is 0 Å². The first kappa shape index (κ1) is 19.1. The Bertz CT molecular complexity index is 854. The highest BCUT2D eigenvalue weighted by molar-refractivity contribution is 6.34. The molecule has 0 unspecified atom stereocenters. The standard InChI is InChI=1S/C17H16ClN3O5/c18-16-14(21(23)24)8-11(17(20)22)9-15(16)26-7-2-1-6-25-13-5-3-4-12(19)10-13/h1-5,8-10H,6-7,19H2,(H2,20,22)/b2-1+. The van der Waals surface area contributed by atoms with Crippen molar-refractivity contribution < 1.29 is 19.2 Å². The molecule has 9 heteroatoms. The number of nitrogens with zero attached hydrogens (tertiary/aromatic N) is 1. The lowest BCUT2D eigenvalue weighted by molar-refractivity contribution is -0.384. The summed E-state index contributed by atoms with van der Waals surface area (Å²) in [6, 6.07) is 9.26. The Balaban J connectivity index is 1.96. The van der Waals surface area contributed by atoms with Gasteiger partial charge in [0, 0.05) is 23.4 Å². The molecule has 0 bridgehead atoms. The molecule has 0 radical (unpaired) electrons. The fourth-order valence-corrected chi connectivity index (χ4v) is 2.22. The number of hydrogen-bond acceptors (Lipinski definition) is 6. The maximum atomic E-state index is 11.3. The summed E-state index contributed by atoms with van der Waals surface area (Å²) < 4.78 is 10.8. The number of benzene rings is 2. The van der Waals surface area contributed by atoms with Crippen LogP contribution in [0.2, 0.25) is 5.02 Å². The minimum atomic E-state index is -0.819. The van der Waals surface area contributed by atoms with Crippen molar-refractivity contribution in [1.82, 2.24) is 0 Å². The number of halogens is 1. The molecule has 0 spiro atoms. The minimum absolute atomic E-state index is 0.00364. The molecule has 2 rings (SSSR count). The third-order valence-corrected chi connectivity index (χ3v) is 3.59. The van der Waals surface area contributed by atoms with Gasteiger partial charge >= 0.3 is 0 Å². The highest BCUT2D eigenvalue weighted by atomic mass is 35.5. The maximum absolute atomic E-state index is 11.3. The van der Waals surface area contributed by atoms with Gasteiger partial charge < -0.3 is 20.9 Å². The molecule has 4 N–H and O–H groups in total. The third kappa shape index (κ3) is 5.12. The molecular weight excluding hydrogens is 362 g/mol. The van der Waals surface area contributed by atoms with Crippen LogP contribution < -0.4 is 20.9 Å². The number of ether oxygens (including phenoxy) is 2. The molecule has 26 heavy (non-hydrogen) atoms. The average molecular weight is 378 g/mol. The number of nitrogens with two attached hydrogens (primary N) is 2. The van der Waals surface area contributed by atoms with E-state index in [4.69, 9.17) is 32.5 Å². The monoisotopic (exact) mass is 377 g/mol. The topological polar surface area (TPSA) is 131 Å². The minimum Gasteiger partial charge on any atom is -0.489 e. The Morgan fingerprint density at radius 2 is 1.88 bits per heavy atom. The molecule has 0 aliphatic carbocycles. The summed E-state index contributed by atoms with van der Waals surface area (Å²) >= 11 is 5.94. The lowest BCUT2D eigenvalue weighted by atomic mass is 10.2. The van der Waals surface area contributed by atoms with Gasteiger partial charge in [-0.3, -0.25) is 14.9 Å². The molecule has 2 aromatic rings. The van der Waals surface area contributed by atoms with Crippen molar-refractivity contribution in [3.63, 3.8) is 0 Å². The molecule has 136 valence electrons. The summed E-state index contributed by atoms with van der Waals surface area (Å²) in [6.45, 7) is 0.349. The first-order chi connectivity index (χ1) is 12.4. The zero-order valence-electron chi connectivity index (χ0n) is 13.6. The van der Waals surface area contributed by atoms with Gasteiger partial charge in [0.2, 0.25) is 5.91 Å². The van der Waals surface area contributed by atoms with Crippen molar-refractivity contribution >= 4 is 28.9 Å². The zero-order valence-corrected chi connectivity index (χ0v) is 14.3. The van der Waals surface area contributed by atoms with Crippen molar-refractivity contribution in [3.05, 3.63) is 69.3 Å². The summed E-state index contributed by atoms with van der Waals surface area (Å²) in [5, 5.41) is 10.8. The summed E-state index contributed by atoms with van der Waals surface area (Å²) in [5.41, 5.74) is 10.9. The van der Waals surface area contributed by atoms with E-state index in [0.717, 1.165) is 6.07 Å². The van der Waals surface area contributed by atoms with E-state index in [-0.39, 0.29) is 29.5 Å². The summed E-state index contributed by atoms with van der Waals surface area (Å²) in [4.78, 5) is 21.6. The van der Waals surface area contributed by atoms with E-state index in [2.05, 4.69) is 0 Å². The van der Waals surface area contributed by atoms with Crippen molar-refractivity contribution in [2.75, 3.05) is 18.9 Å². The second-order valence-electron chi connectivity index (χ2n) is 5.09. The van der Waals surface area contributed by atoms with Crippen LogP contribution in [0, 0.1) is 10.1 Å². The Hall–Kier alpha value is -3.26. The Morgan fingerprint density at radius 1 is 1.19 bits per heavy atom. The highest BCUT2D eigenvalue weighted by Gasteiger charge is 2.20. The Morgan fingerprint density at radius 3 is 2.50 bits per heavy atom. The molecule has 0 aliphatic heterocycles. The SMILES string of the molecule is NC(=O)c1cc(OC/C=C/COc2cccc(N)c2)c(Cl)c([N+](=O)[O-])c1. The van der Waals surface area contributed by atoms with E-state index in [9.17, 15) is 14.9 Å². The fourth-order valence-electron chi connectivity index (χ4n) is 1.99. The molecular formula is C17H16ClN3O5. The van der Waals surface area contributed by atoms with E-state index in [1.807, 2.05) is 0 Å². The van der Waals surface area contributed by atoms with Gasteiger partial charge in [0.15, 0.2) is 5.02 Å². The van der Waals surface area contributed by atoms with E-state index in [0.29, 0.717) is 11.4 Å². The van der Waals surface area contributed by atoms with E-state index in [1.165, 1.54) is 6.07 Å². The Labute approximate surface area is 154 Å². The van der Waals surface area contributed by atoms with Crippen LogP contribution in [0.3, 0.4) is 0 Å². The molecule has 0 saturated heterocycles. The number of amides is 1. The number of nitro groups is 1. The lowest BCUT2D eigenvalue weighted by Gasteiger charge is -2.08. The lowest BCUT2D eigenvalue weighted by Crippen LogP contribution is -2.12. The number of carbonyl (C=O) groups is 1. The third-order valence-electron chi connectivity index (χ3n) is 3.21. The molecule has 1 amide bonds. The average Bonchev–Trinajstić information content (AvgIpc) is 2.58. The van der Waals surface area contributed by atoms with Gasteiger partial charge in [-0.2, -0.15) is 0 Å². The van der Waals surface area contributed by atoms with Gasteiger partial charge in [-0.15, -0.1) is 0 Å². The number of rotatable bonds is 8. The number of nitro benzene ring substituents is 1. The molecule has 0 atom stereocenters. The summed E-state index contributed by atoms with van der Waals surface area (Å²) in [5.74, 6) is -0.194. The van der Waals surface area contributed by atoms with Gasteiger partial charge in [0.25, 0.3) is 5.69 Å². The van der Waals surface area contributed by atoms with Gasteiger partial charge in [-0.25, -0.2) is 0 Å². The Kier molecular flexibility index (Phi) is 6.40. The molecule has 8 nitrogen and oxygen atoms in total. The van der Waals surface area contributed by atoms with Crippen molar-refractivity contribution in [2.45, 2.75) is 0 Å². The van der Waals surface area contributed by atoms with Crippen molar-refractivity contribution in [1.29, 1.82) is 0 Å². The summed E-state index contributed by atoms with van der Waals surface area (Å²) in [7, 11) is 0. The maximum Gasteiger partial charge on any atom is 0.292 e. The molecule has 0 aromatic heterocycles. The van der Waals surface area contributed by atoms with Gasteiger partial charge in [-0.1, -0.05) is 17.7 Å². The first-order valence-corrected chi connectivity index (χ1v) is 7.80. The van der Waals surface area contributed by atoms with Crippen LogP contribution in [-0.4, -0.2) is 24.0 Å². The highest BCUT2D eigenvalue weighted by Crippen LogP contribution is 2.35. The second kappa shape index (κ2) is 8.72. The van der Waals surface area contributed by atoms with Crippen LogP contribution in [0.5, 0.6) is 11.5 Å². The predicted octanol–water partition coefficient (Wildman–Crippen LogP) is 2.94. The number of primary amides is 1. The van der Waals surface area contributed by atoms with Crippen LogP contribution in [0.25, 0.3) is 0 Å². The molecule has 0 fully saturated rings. The largest absolute Gasteiger partial charge is 0.489 e. The first-order valence-electron chi connectivity index (χ1n) is 7.42. The van der Waals surface area contributed by atoms with Crippen LogP contribution in [0.15, 0.2) is 48.6 Å². The molecule has 0 aliphatic rings. The predicted molar refractivity (Wildman–Crippen MR) is 97.6 cm³/mol. The molecule has 0 saturated carbocycles. The molecule has 0 heterocycles. The number of anilines is 1. The van der Waals surface area contributed by atoms with Crippen LogP contribution >= 0.6 is 11.6 Å². The normalized spacial score (nSPS) is 10.7. The van der Waals surface area contributed by atoms with Crippen LogP contribution in [0.1, 0.15) is 10.4 Å². The van der Waals surface area contributed by atoms with E-state index < -0.39 is 16.5 Å². The quantitative estimate of drug-likeness (QED) is 0.314. The van der Waals surface area contributed by atoms with Crippen LogP contribution in [0.4, 0.5) is 11.4 Å². The molecule has 2 aromatic carbocycles. The number of carbonyl (C=O) groups excluding carboxylic acids is 1. The van der Waals surface area contributed by atoms with Crippen molar-refractivity contribution in [3.8, 4) is 11.5 Å². The number of hydrogen-bond donors (Lipinski definition) is 2. The number of nitrogen functional groups attached to an aromatic ring is 1. The van der Waals surface area contributed by atoms with Gasteiger partial charge in [0.1, 0.15) is 24.7 Å². The second-order valence-corrected chi connectivity index (χ2v) is 5.47. The summed E-state index contributed by atoms with van der Waals surface area (Å²) in [6.07, 6.45) is 3.34. The van der Waals surface area contributed by atoms with Crippen LogP contribution in [-0.2, 0) is 0 Å².